The van der Waals surface area contributed by atoms with Gasteiger partial charge in [0.2, 0.25) is 12.2 Å². The van der Waals surface area contributed by atoms with Crippen LogP contribution < -0.4 is 0 Å². The van der Waals surface area contributed by atoms with E-state index < -0.39 is 40.1 Å². The Kier molecular flexibility index (Phi) is 6.52. The molecule has 0 aliphatic carbocycles. The van der Waals surface area contributed by atoms with Crippen LogP contribution in [0.1, 0.15) is 19.8 Å². The molecule has 120 valence electrons. The first kappa shape index (κ1) is 18.3. The third kappa shape index (κ3) is 5.86. The van der Waals surface area contributed by atoms with E-state index in [1.54, 1.807) is 0 Å². The van der Waals surface area contributed by atoms with Crippen molar-refractivity contribution in [3.8, 4) is 0 Å². The van der Waals surface area contributed by atoms with Crippen molar-refractivity contribution >= 4 is 52.6 Å². The summed E-state index contributed by atoms with van der Waals surface area (Å²) < 4.78 is 17.9. The Morgan fingerprint density at radius 2 is 1.86 bits per heavy atom. The first-order chi connectivity index (χ1) is 9.63. The monoisotopic (exact) mass is 361 g/mol. The van der Waals surface area contributed by atoms with Crippen LogP contribution in [0, 0.1) is 5.41 Å². The van der Waals surface area contributed by atoms with Crippen molar-refractivity contribution in [3.05, 3.63) is 0 Å². The van der Waals surface area contributed by atoms with E-state index in [1.165, 1.54) is 14.0 Å². The number of hydrogen-bond acceptors (Lipinski definition) is 7. The minimum absolute atomic E-state index is 0.0935. The molecule has 0 aromatic rings. The van der Waals surface area contributed by atoms with Crippen molar-refractivity contribution in [2.45, 2.75) is 42.1 Å². The molecule has 0 saturated carbocycles. The van der Waals surface area contributed by atoms with Gasteiger partial charge in [0.25, 0.3) is 3.79 Å². The number of halogens is 3. The minimum atomic E-state index is -2.06. The maximum Gasteiger partial charge on any atom is 0.335 e. The van der Waals surface area contributed by atoms with Crippen molar-refractivity contribution in [3.63, 3.8) is 0 Å². The molecule has 1 heterocycles. The smallest absolute Gasteiger partial charge is 0.335 e. The Balaban J connectivity index is 2.75. The highest BCUT2D eigenvalue weighted by molar-refractivity contribution is 6.76. The maximum atomic E-state index is 11.6. The quantitative estimate of drug-likeness (QED) is 0.357. The summed E-state index contributed by atoms with van der Waals surface area (Å²) in [6, 6.07) is 0. The molecule has 0 radical (unpaired) electrons. The SMILES string of the molecule is COC(=O)[C@@H]1C[C@H](OC(C)=O)CC(OC(=N)C(Cl)(Cl)Cl)O1. The fourth-order valence-corrected chi connectivity index (χ4v) is 1.87. The first-order valence-corrected chi connectivity index (χ1v) is 6.99. The van der Waals surface area contributed by atoms with Gasteiger partial charge in [-0.15, -0.1) is 0 Å². The van der Waals surface area contributed by atoms with Gasteiger partial charge in [-0.1, -0.05) is 34.8 Å². The molecule has 0 spiro atoms. The molecule has 1 saturated heterocycles. The molecule has 1 N–H and O–H groups in total. The minimum Gasteiger partial charge on any atom is -0.467 e. The molecule has 7 nitrogen and oxygen atoms in total. The van der Waals surface area contributed by atoms with Crippen molar-refractivity contribution in [1.82, 2.24) is 0 Å². The number of carbonyl (C=O) groups excluding carboxylic acids is 2. The van der Waals surface area contributed by atoms with Gasteiger partial charge in [0.1, 0.15) is 6.10 Å². The van der Waals surface area contributed by atoms with Crippen LogP contribution in [-0.2, 0) is 28.5 Å². The molecule has 1 aliphatic heterocycles. The number of hydrogen-bond donors (Lipinski definition) is 1. The van der Waals surface area contributed by atoms with Gasteiger partial charge in [-0.2, -0.15) is 0 Å². The van der Waals surface area contributed by atoms with E-state index in [0.29, 0.717) is 0 Å². The summed E-state index contributed by atoms with van der Waals surface area (Å²) in [5, 5.41) is 7.48. The second kappa shape index (κ2) is 7.49. The topological polar surface area (TPSA) is 94.9 Å². The zero-order valence-electron chi connectivity index (χ0n) is 11.2. The van der Waals surface area contributed by atoms with Crippen LogP contribution in [0.15, 0.2) is 0 Å². The summed E-state index contributed by atoms with van der Waals surface area (Å²) in [5.74, 6) is -1.83. The van der Waals surface area contributed by atoms with E-state index in [0.717, 1.165) is 0 Å². The highest BCUT2D eigenvalue weighted by Crippen LogP contribution is 2.31. The number of nitrogens with one attached hydrogen (secondary N) is 1. The zero-order chi connectivity index (χ0) is 16.2. The fourth-order valence-electron chi connectivity index (χ4n) is 1.73. The predicted octanol–water partition coefficient (Wildman–Crippen LogP) is 1.96. The summed E-state index contributed by atoms with van der Waals surface area (Å²) >= 11 is 16.5. The third-order valence-electron chi connectivity index (χ3n) is 2.55. The van der Waals surface area contributed by atoms with E-state index in [9.17, 15) is 9.59 Å². The molecule has 0 aromatic carbocycles. The normalized spacial score (nSPS) is 25.9. The number of rotatable bonds is 3. The summed E-state index contributed by atoms with van der Waals surface area (Å²) in [7, 11) is 1.19. The number of carbonyl (C=O) groups is 2. The molecular weight excluding hydrogens is 348 g/mol. The van der Waals surface area contributed by atoms with Crippen LogP contribution in [-0.4, -0.2) is 47.2 Å². The standard InChI is InChI=1S/C11H14Cl3NO6/c1-5(16)19-6-3-7(9(17)18-2)20-8(4-6)21-10(15)11(12,13)14/h6-8,15H,3-4H2,1-2H3/t6-,7-,8?/m0/s1. The lowest BCUT2D eigenvalue weighted by Gasteiger charge is -2.33. The molecule has 3 atom stereocenters. The molecule has 0 amide bonds. The zero-order valence-corrected chi connectivity index (χ0v) is 13.5. The van der Waals surface area contributed by atoms with E-state index in [-0.39, 0.29) is 12.8 Å². The van der Waals surface area contributed by atoms with Gasteiger partial charge >= 0.3 is 11.9 Å². The largest absolute Gasteiger partial charge is 0.467 e. The van der Waals surface area contributed by atoms with Crippen LogP contribution in [0.2, 0.25) is 0 Å². The van der Waals surface area contributed by atoms with Crippen LogP contribution in [0.3, 0.4) is 0 Å². The lowest BCUT2D eigenvalue weighted by atomic mass is 10.0. The number of alkyl halides is 3. The van der Waals surface area contributed by atoms with Gasteiger partial charge in [-0.05, 0) is 0 Å². The Labute approximate surface area is 136 Å². The third-order valence-corrected chi connectivity index (χ3v) is 3.07. The van der Waals surface area contributed by atoms with Gasteiger partial charge in [0.05, 0.1) is 7.11 Å². The lowest BCUT2D eigenvalue weighted by Crippen LogP contribution is -2.44. The predicted molar refractivity (Wildman–Crippen MR) is 74.6 cm³/mol. The van der Waals surface area contributed by atoms with Gasteiger partial charge in [-0.3, -0.25) is 10.2 Å². The second-order valence-electron chi connectivity index (χ2n) is 4.23. The molecular formula is C11H14Cl3NO6. The van der Waals surface area contributed by atoms with Crippen LogP contribution >= 0.6 is 34.8 Å². The van der Waals surface area contributed by atoms with Gasteiger partial charge in [-0.25, -0.2) is 4.79 Å². The van der Waals surface area contributed by atoms with Gasteiger partial charge in [0.15, 0.2) is 6.10 Å². The fraction of sp³-hybridized carbons (Fsp3) is 0.727. The van der Waals surface area contributed by atoms with Crippen molar-refractivity contribution in [2.24, 2.45) is 0 Å². The average molecular weight is 363 g/mol. The molecule has 1 unspecified atom stereocenters. The Bertz CT molecular complexity index is 425. The Hall–Kier alpha value is -0.760. The Morgan fingerprint density at radius 1 is 1.24 bits per heavy atom. The summed E-state index contributed by atoms with van der Waals surface area (Å²) in [6.07, 6.45) is -2.49. The molecule has 1 rings (SSSR count). The molecule has 21 heavy (non-hydrogen) atoms. The Morgan fingerprint density at radius 3 is 2.33 bits per heavy atom. The average Bonchev–Trinajstić information content (AvgIpc) is 2.35. The summed E-state index contributed by atoms with van der Waals surface area (Å²) in [4.78, 5) is 22.6. The van der Waals surface area contributed by atoms with Gasteiger partial charge in [0, 0.05) is 19.8 Å². The van der Waals surface area contributed by atoms with Crippen molar-refractivity contribution in [1.29, 1.82) is 5.41 Å². The van der Waals surface area contributed by atoms with E-state index >= 15 is 0 Å². The highest BCUT2D eigenvalue weighted by Gasteiger charge is 2.39. The number of methoxy groups -OCH3 is 1. The lowest BCUT2D eigenvalue weighted by molar-refractivity contribution is -0.207. The van der Waals surface area contributed by atoms with E-state index in [4.69, 9.17) is 54.4 Å². The summed E-state index contributed by atoms with van der Waals surface area (Å²) in [6.45, 7) is 1.24. The molecule has 1 fully saturated rings. The molecule has 0 bridgehead atoms. The molecule has 0 aromatic heterocycles. The van der Waals surface area contributed by atoms with E-state index in [1.807, 2.05) is 0 Å². The first-order valence-electron chi connectivity index (χ1n) is 5.86. The second-order valence-corrected chi connectivity index (χ2v) is 6.51. The van der Waals surface area contributed by atoms with Crippen LogP contribution in [0.4, 0.5) is 0 Å². The van der Waals surface area contributed by atoms with Gasteiger partial charge < -0.3 is 18.9 Å². The number of esters is 2. The maximum absolute atomic E-state index is 11.6. The molecule has 10 heteroatoms. The van der Waals surface area contributed by atoms with Crippen LogP contribution in [0.5, 0.6) is 0 Å². The number of ether oxygens (including phenoxy) is 4. The molecule has 1 aliphatic rings. The van der Waals surface area contributed by atoms with Crippen molar-refractivity contribution < 1.29 is 28.5 Å². The van der Waals surface area contributed by atoms with E-state index in [2.05, 4.69) is 4.74 Å². The van der Waals surface area contributed by atoms with Crippen LogP contribution in [0.25, 0.3) is 0 Å². The van der Waals surface area contributed by atoms with Crippen molar-refractivity contribution in [2.75, 3.05) is 7.11 Å². The highest BCUT2D eigenvalue weighted by atomic mass is 35.6. The summed E-state index contributed by atoms with van der Waals surface area (Å²) in [5.41, 5.74) is 0.